The van der Waals surface area contributed by atoms with Crippen LogP contribution >= 0.6 is 0 Å². The lowest BCUT2D eigenvalue weighted by atomic mass is 10.1. The molecule has 0 spiro atoms. The summed E-state index contributed by atoms with van der Waals surface area (Å²) >= 11 is 0. The quantitative estimate of drug-likeness (QED) is 0.716. The van der Waals surface area contributed by atoms with Crippen LogP contribution in [0.1, 0.15) is 6.92 Å². The first-order chi connectivity index (χ1) is 7.34. The number of Topliss-reactive ketones (excluding diaryl/α,β-unsaturated/α-hetero) is 1. The zero-order valence-corrected chi connectivity index (χ0v) is 9.47. The molecule has 1 rings (SSSR count). The van der Waals surface area contributed by atoms with Gasteiger partial charge in [0.2, 0.25) is 0 Å². The predicted octanol–water partition coefficient (Wildman–Crippen LogP) is 2.58. The normalized spacial score (nSPS) is 20.9. The molecule has 0 atom stereocenters. The maximum absolute atomic E-state index is 12.0. The lowest BCUT2D eigenvalue weighted by molar-refractivity contribution is -0.111. The summed E-state index contributed by atoms with van der Waals surface area (Å²) in [5.41, 5.74) is 8.80. The monoisotopic (exact) mass is 213 g/mol. The topological polar surface area (TPSA) is 43.1 Å². The average Bonchev–Trinajstić information content (AvgIpc) is 2.34. The van der Waals surface area contributed by atoms with Crippen molar-refractivity contribution in [1.82, 2.24) is 0 Å². The molecule has 0 aromatic rings. The van der Waals surface area contributed by atoms with E-state index in [-0.39, 0.29) is 5.78 Å². The van der Waals surface area contributed by atoms with Gasteiger partial charge in [-0.25, -0.2) is 0 Å². The van der Waals surface area contributed by atoms with Gasteiger partial charge in [0.1, 0.15) is 0 Å². The van der Waals surface area contributed by atoms with Gasteiger partial charge in [0.25, 0.3) is 0 Å². The van der Waals surface area contributed by atoms with Crippen LogP contribution in [0.2, 0.25) is 0 Å². The smallest absolute Gasteiger partial charge is 0.194 e. The highest BCUT2D eigenvalue weighted by molar-refractivity contribution is 6.20. The van der Waals surface area contributed by atoms with E-state index in [0.29, 0.717) is 28.0 Å². The molecule has 2 N–H and O–H groups in total. The Bertz CT molecular complexity index is 443. The first kappa shape index (κ1) is 12.0. The second kappa shape index (κ2) is 4.19. The molecule has 16 heavy (non-hydrogen) atoms. The molecule has 0 unspecified atom stereocenters. The molecule has 0 amide bonds. The maximum atomic E-state index is 12.0. The van der Waals surface area contributed by atoms with Crippen LogP contribution in [0.25, 0.3) is 0 Å². The zero-order valence-electron chi connectivity index (χ0n) is 9.47. The van der Waals surface area contributed by atoms with Gasteiger partial charge in [0.05, 0.1) is 0 Å². The second-order valence-electron chi connectivity index (χ2n) is 3.82. The lowest BCUT2D eigenvalue weighted by Crippen LogP contribution is -1.99. The Morgan fingerprint density at radius 3 is 1.94 bits per heavy atom. The van der Waals surface area contributed by atoms with E-state index in [4.69, 9.17) is 5.73 Å². The van der Waals surface area contributed by atoms with E-state index in [0.717, 1.165) is 5.57 Å². The molecule has 2 heteroatoms. The Morgan fingerprint density at radius 2 is 1.56 bits per heavy atom. The molecule has 0 bridgehead atoms. The van der Waals surface area contributed by atoms with Crippen LogP contribution < -0.4 is 5.73 Å². The Kier molecular flexibility index (Phi) is 3.14. The van der Waals surface area contributed by atoms with E-state index in [1.165, 1.54) is 6.08 Å². The van der Waals surface area contributed by atoms with Crippen LogP contribution in [0, 0.1) is 0 Å². The molecule has 0 radical (unpaired) electrons. The molecular formula is C14H15NO. The van der Waals surface area contributed by atoms with E-state index < -0.39 is 0 Å². The molecule has 0 aromatic carbocycles. The lowest BCUT2D eigenvalue weighted by Gasteiger charge is -1.95. The number of carbonyl (C=O) groups excluding carboxylic acids is 1. The Balaban J connectivity index is 3.30. The van der Waals surface area contributed by atoms with Crippen molar-refractivity contribution in [2.24, 2.45) is 5.73 Å². The van der Waals surface area contributed by atoms with Crippen molar-refractivity contribution in [2.75, 3.05) is 0 Å². The minimum Gasteiger partial charge on any atom is -0.399 e. The third-order valence-electron chi connectivity index (χ3n) is 2.22. The molecule has 0 aliphatic heterocycles. The summed E-state index contributed by atoms with van der Waals surface area (Å²) in [5.74, 6) is -0.121. The van der Waals surface area contributed by atoms with Gasteiger partial charge in [-0.15, -0.1) is 0 Å². The number of allylic oxidation sites excluding steroid dienone is 7. The summed E-state index contributed by atoms with van der Waals surface area (Å²) in [5, 5.41) is 0. The largest absolute Gasteiger partial charge is 0.399 e. The van der Waals surface area contributed by atoms with Gasteiger partial charge in [-0.2, -0.15) is 0 Å². The van der Waals surface area contributed by atoms with Crippen LogP contribution in [0.15, 0.2) is 72.0 Å². The summed E-state index contributed by atoms with van der Waals surface area (Å²) in [6, 6.07) is 0. The summed E-state index contributed by atoms with van der Waals surface area (Å²) < 4.78 is 0. The maximum Gasteiger partial charge on any atom is 0.194 e. The molecule has 1 fully saturated rings. The van der Waals surface area contributed by atoms with Crippen molar-refractivity contribution in [3.63, 3.8) is 0 Å². The van der Waals surface area contributed by atoms with Crippen LogP contribution in [-0.2, 0) is 4.79 Å². The highest BCUT2D eigenvalue weighted by Gasteiger charge is 2.29. The highest BCUT2D eigenvalue weighted by atomic mass is 16.1. The van der Waals surface area contributed by atoms with Gasteiger partial charge in [-0.1, -0.05) is 31.9 Å². The fourth-order valence-electron chi connectivity index (χ4n) is 1.48. The van der Waals surface area contributed by atoms with Gasteiger partial charge < -0.3 is 5.73 Å². The summed E-state index contributed by atoms with van der Waals surface area (Å²) in [6.45, 7) is 16.8. The van der Waals surface area contributed by atoms with Crippen molar-refractivity contribution in [3.8, 4) is 0 Å². The molecule has 1 aliphatic carbocycles. The Labute approximate surface area is 95.8 Å². The fourth-order valence-corrected chi connectivity index (χ4v) is 1.48. The molecule has 0 saturated heterocycles. The van der Waals surface area contributed by atoms with Crippen LogP contribution in [-0.4, -0.2) is 5.78 Å². The predicted molar refractivity (Wildman–Crippen MR) is 67.6 cm³/mol. The molecule has 1 aliphatic rings. The summed E-state index contributed by atoms with van der Waals surface area (Å²) in [7, 11) is 0. The highest BCUT2D eigenvalue weighted by Crippen LogP contribution is 2.35. The van der Waals surface area contributed by atoms with Gasteiger partial charge in [-0.3, -0.25) is 4.79 Å². The minimum absolute atomic E-state index is 0.121. The standard InChI is InChI=1S/C14H15NO/c1-8(2)6-12-10(4)11(5)13(14(12)16)7-9(3)15/h6-7H,1,3-5,15H2,2H3/b12-6+,13-7+. The van der Waals surface area contributed by atoms with Crippen molar-refractivity contribution < 1.29 is 4.79 Å². The minimum atomic E-state index is -0.121. The Hall–Kier alpha value is -2.09. The average molecular weight is 213 g/mol. The van der Waals surface area contributed by atoms with E-state index in [1.807, 2.05) is 6.92 Å². The van der Waals surface area contributed by atoms with Crippen LogP contribution in [0.3, 0.4) is 0 Å². The number of hydrogen-bond donors (Lipinski definition) is 1. The van der Waals surface area contributed by atoms with E-state index in [1.54, 1.807) is 6.08 Å². The first-order valence-corrected chi connectivity index (χ1v) is 4.81. The van der Waals surface area contributed by atoms with E-state index >= 15 is 0 Å². The SMILES string of the molecule is C=C(C)/C=C1\C(=C)C(=C)/C(=C\C(=C)N)C1=O. The molecule has 82 valence electrons. The van der Waals surface area contributed by atoms with Gasteiger partial charge in [-0.05, 0) is 30.2 Å². The Morgan fingerprint density at radius 1 is 1.12 bits per heavy atom. The van der Waals surface area contributed by atoms with Gasteiger partial charge in [0, 0.05) is 16.8 Å². The third-order valence-corrected chi connectivity index (χ3v) is 2.22. The van der Waals surface area contributed by atoms with Crippen molar-refractivity contribution in [3.05, 3.63) is 72.0 Å². The van der Waals surface area contributed by atoms with Gasteiger partial charge >= 0.3 is 0 Å². The van der Waals surface area contributed by atoms with Crippen LogP contribution in [0.5, 0.6) is 0 Å². The number of carbonyl (C=O) groups is 1. The van der Waals surface area contributed by atoms with Crippen molar-refractivity contribution in [2.45, 2.75) is 6.92 Å². The van der Waals surface area contributed by atoms with Crippen molar-refractivity contribution in [1.29, 1.82) is 0 Å². The molecular weight excluding hydrogens is 198 g/mol. The van der Waals surface area contributed by atoms with Gasteiger partial charge in [0.15, 0.2) is 5.78 Å². The molecule has 1 saturated carbocycles. The molecule has 0 aromatic heterocycles. The van der Waals surface area contributed by atoms with E-state index in [2.05, 4.69) is 26.3 Å². The van der Waals surface area contributed by atoms with E-state index in [9.17, 15) is 4.79 Å². The van der Waals surface area contributed by atoms with Crippen molar-refractivity contribution >= 4 is 5.78 Å². The summed E-state index contributed by atoms with van der Waals surface area (Å²) in [6.07, 6.45) is 3.23. The summed E-state index contributed by atoms with van der Waals surface area (Å²) in [4.78, 5) is 12.0. The van der Waals surface area contributed by atoms with Crippen LogP contribution in [0.4, 0.5) is 0 Å². The zero-order chi connectivity index (χ0) is 12.5. The fraction of sp³-hybridized carbons (Fsp3) is 0.0714. The molecule has 0 heterocycles. The number of hydrogen-bond acceptors (Lipinski definition) is 2. The first-order valence-electron chi connectivity index (χ1n) is 4.81. The third kappa shape index (κ3) is 2.11. The molecule has 2 nitrogen and oxygen atoms in total. The number of nitrogens with two attached hydrogens (primary N) is 1. The number of rotatable bonds is 2. The second-order valence-corrected chi connectivity index (χ2v) is 3.82. The number of ketones is 1.